The fraction of sp³-hybridized carbons (Fsp3) is 1.00. The number of aliphatic hydroxyl groups is 2. The van der Waals surface area contributed by atoms with Gasteiger partial charge in [-0.3, -0.25) is 0 Å². The normalized spacial score (nSPS) is 33.2. The van der Waals surface area contributed by atoms with Crippen molar-refractivity contribution in [2.75, 3.05) is 19.6 Å². The SMILES string of the molecule is CCCCN1C[C@H](CCC)[C@@H](O)[C@H](O)C1. The Labute approximate surface area is 93.1 Å². The number of aliphatic hydroxyl groups excluding tert-OH is 2. The van der Waals surface area contributed by atoms with Gasteiger partial charge in [0.1, 0.15) is 0 Å². The molecule has 1 aliphatic heterocycles. The maximum atomic E-state index is 9.84. The summed E-state index contributed by atoms with van der Waals surface area (Å²) in [4.78, 5) is 2.29. The van der Waals surface area contributed by atoms with Gasteiger partial charge in [0.05, 0.1) is 12.2 Å². The van der Waals surface area contributed by atoms with Gasteiger partial charge in [0.2, 0.25) is 0 Å². The van der Waals surface area contributed by atoms with Crippen LogP contribution in [0.15, 0.2) is 0 Å². The highest BCUT2D eigenvalue weighted by molar-refractivity contribution is 4.86. The fourth-order valence-electron chi connectivity index (χ4n) is 2.40. The van der Waals surface area contributed by atoms with E-state index in [2.05, 4.69) is 18.7 Å². The van der Waals surface area contributed by atoms with Crippen molar-refractivity contribution in [3.05, 3.63) is 0 Å². The highest BCUT2D eigenvalue weighted by Gasteiger charge is 2.33. The van der Waals surface area contributed by atoms with Crippen molar-refractivity contribution in [3.8, 4) is 0 Å². The molecule has 0 aliphatic carbocycles. The molecule has 1 saturated heterocycles. The van der Waals surface area contributed by atoms with Gasteiger partial charge in [-0.25, -0.2) is 0 Å². The summed E-state index contributed by atoms with van der Waals surface area (Å²) in [6, 6.07) is 0. The first-order valence-electron chi connectivity index (χ1n) is 6.27. The number of hydrogen-bond donors (Lipinski definition) is 2. The smallest absolute Gasteiger partial charge is 0.0928 e. The number of likely N-dealkylation sites (tertiary alicyclic amines) is 1. The van der Waals surface area contributed by atoms with E-state index in [0.717, 1.165) is 25.9 Å². The van der Waals surface area contributed by atoms with Gasteiger partial charge < -0.3 is 15.1 Å². The van der Waals surface area contributed by atoms with Crippen molar-refractivity contribution >= 4 is 0 Å². The predicted molar refractivity (Wildman–Crippen MR) is 61.8 cm³/mol. The van der Waals surface area contributed by atoms with Crippen LogP contribution in [0.5, 0.6) is 0 Å². The van der Waals surface area contributed by atoms with Crippen molar-refractivity contribution in [1.29, 1.82) is 0 Å². The molecule has 3 heteroatoms. The molecule has 3 nitrogen and oxygen atoms in total. The highest BCUT2D eigenvalue weighted by Crippen LogP contribution is 2.22. The third-order valence-electron chi connectivity index (χ3n) is 3.30. The Morgan fingerprint density at radius 3 is 2.47 bits per heavy atom. The molecule has 2 N–H and O–H groups in total. The fourth-order valence-corrected chi connectivity index (χ4v) is 2.40. The molecule has 0 aromatic carbocycles. The minimum atomic E-state index is -0.549. The summed E-state index contributed by atoms with van der Waals surface area (Å²) in [5, 5.41) is 19.6. The van der Waals surface area contributed by atoms with Crippen LogP contribution in [0.1, 0.15) is 39.5 Å². The van der Waals surface area contributed by atoms with E-state index >= 15 is 0 Å². The summed E-state index contributed by atoms with van der Waals surface area (Å²) in [5.41, 5.74) is 0. The molecule has 0 saturated carbocycles. The topological polar surface area (TPSA) is 43.7 Å². The Kier molecular flexibility index (Phi) is 5.58. The minimum Gasteiger partial charge on any atom is -0.390 e. The predicted octanol–water partition coefficient (Wildman–Crippen LogP) is 1.24. The lowest BCUT2D eigenvalue weighted by Crippen LogP contribution is -2.52. The van der Waals surface area contributed by atoms with E-state index < -0.39 is 12.2 Å². The van der Waals surface area contributed by atoms with Gasteiger partial charge in [-0.2, -0.15) is 0 Å². The molecule has 3 atom stereocenters. The van der Waals surface area contributed by atoms with Crippen molar-refractivity contribution < 1.29 is 10.2 Å². The Balaban J connectivity index is 2.43. The van der Waals surface area contributed by atoms with E-state index in [0.29, 0.717) is 6.54 Å². The first kappa shape index (κ1) is 12.9. The van der Waals surface area contributed by atoms with E-state index in [-0.39, 0.29) is 5.92 Å². The number of nitrogens with zero attached hydrogens (tertiary/aromatic N) is 1. The summed E-state index contributed by atoms with van der Waals surface area (Å²) >= 11 is 0. The maximum Gasteiger partial charge on any atom is 0.0928 e. The number of rotatable bonds is 5. The molecule has 15 heavy (non-hydrogen) atoms. The quantitative estimate of drug-likeness (QED) is 0.725. The zero-order chi connectivity index (χ0) is 11.3. The van der Waals surface area contributed by atoms with Crippen LogP contribution in [-0.2, 0) is 0 Å². The van der Waals surface area contributed by atoms with Gasteiger partial charge in [-0.15, -0.1) is 0 Å². The molecule has 0 spiro atoms. The molecular formula is C12H25NO2. The molecule has 0 unspecified atom stereocenters. The molecule has 1 heterocycles. The van der Waals surface area contributed by atoms with Crippen molar-refractivity contribution in [2.45, 2.75) is 51.7 Å². The molecule has 0 amide bonds. The van der Waals surface area contributed by atoms with Gasteiger partial charge in [-0.1, -0.05) is 26.7 Å². The second-order valence-corrected chi connectivity index (χ2v) is 4.72. The maximum absolute atomic E-state index is 9.84. The zero-order valence-electron chi connectivity index (χ0n) is 10.0. The summed E-state index contributed by atoms with van der Waals surface area (Å²) < 4.78 is 0. The second kappa shape index (κ2) is 6.46. The Hall–Kier alpha value is -0.120. The monoisotopic (exact) mass is 215 g/mol. The Bertz CT molecular complexity index is 175. The van der Waals surface area contributed by atoms with E-state index in [9.17, 15) is 10.2 Å². The summed E-state index contributed by atoms with van der Waals surface area (Å²) in [6.45, 7) is 6.96. The lowest BCUT2D eigenvalue weighted by atomic mass is 9.89. The third-order valence-corrected chi connectivity index (χ3v) is 3.30. The van der Waals surface area contributed by atoms with E-state index in [1.54, 1.807) is 0 Å². The van der Waals surface area contributed by atoms with Crippen molar-refractivity contribution in [1.82, 2.24) is 4.90 Å². The Morgan fingerprint density at radius 2 is 1.87 bits per heavy atom. The van der Waals surface area contributed by atoms with Gasteiger partial charge in [0, 0.05) is 19.0 Å². The zero-order valence-corrected chi connectivity index (χ0v) is 10.0. The van der Waals surface area contributed by atoms with Gasteiger partial charge in [0.15, 0.2) is 0 Å². The molecule has 1 fully saturated rings. The summed E-state index contributed by atoms with van der Waals surface area (Å²) in [6.07, 6.45) is 3.40. The molecule has 0 radical (unpaired) electrons. The second-order valence-electron chi connectivity index (χ2n) is 4.72. The lowest BCUT2D eigenvalue weighted by Gasteiger charge is -2.39. The highest BCUT2D eigenvalue weighted by atomic mass is 16.3. The van der Waals surface area contributed by atoms with Crippen LogP contribution in [0, 0.1) is 5.92 Å². The lowest BCUT2D eigenvalue weighted by molar-refractivity contribution is -0.0760. The van der Waals surface area contributed by atoms with Crippen molar-refractivity contribution in [3.63, 3.8) is 0 Å². The largest absolute Gasteiger partial charge is 0.390 e. The molecule has 0 bridgehead atoms. The van der Waals surface area contributed by atoms with Crippen LogP contribution in [0.25, 0.3) is 0 Å². The molecule has 0 aromatic rings. The Morgan fingerprint density at radius 1 is 1.13 bits per heavy atom. The third kappa shape index (κ3) is 3.74. The van der Waals surface area contributed by atoms with E-state index in [1.807, 2.05) is 0 Å². The molecule has 0 aromatic heterocycles. The van der Waals surface area contributed by atoms with E-state index in [1.165, 1.54) is 12.8 Å². The van der Waals surface area contributed by atoms with Crippen LogP contribution in [0.4, 0.5) is 0 Å². The summed E-state index contributed by atoms with van der Waals surface area (Å²) in [5.74, 6) is 0.260. The molecule has 90 valence electrons. The van der Waals surface area contributed by atoms with Crippen LogP contribution in [0.3, 0.4) is 0 Å². The minimum absolute atomic E-state index is 0.260. The average Bonchev–Trinajstić information content (AvgIpc) is 2.22. The number of piperidine rings is 1. The molecular weight excluding hydrogens is 190 g/mol. The van der Waals surface area contributed by atoms with Crippen LogP contribution < -0.4 is 0 Å². The van der Waals surface area contributed by atoms with Crippen molar-refractivity contribution in [2.24, 2.45) is 5.92 Å². The van der Waals surface area contributed by atoms with E-state index in [4.69, 9.17) is 0 Å². The number of hydrogen-bond acceptors (Lipinski definition) is 3. The van der Waals surface area contributed by atoms with Crippen LogP contribution in [0.2, 0.25) is 0 Å². The molecule has 1 rings (SSSR count). The van der Waals surface area contributed by atoms with Gasteiger partial charge in [-0.05, 0) is 19.4 Å². The van der Waals surface area contributed by atoms with Crippen LogP contribution >= 0.6 is 0 Å². The number of unbranched alkanes of at least 4 members (excludes halogenated alkanes) is 1. The molecule has 1 aliphatic rings. The van der Waals surface area contributed by atoms with Gasteiger partial charge >= 0.3 is 0 Å². The first-order valence-corrected chi connectivity index (χ1v) is 6.27. The average molecular weight is 215 g/mol. The van der Waals surface area contributed by atoms with Gasteiger partial charge in [0.25, 0.3) is 0 Å². The first-order chi connectivity index (χ1) is 7.19. The summed E-state index contributed by atoms with van der Waals surface area (Å²) in [7, 11) is 0. The standard InChI is InChI=1S/C12H25NO2/c1-3-5-7-13-8-10(6-4-2)12(15)11(14)9-13/h10-12,14-15H,3-9H2,1-2H3/t10-,11+,12+/m0/s1. The number of β-amino-alcohol motifs (C(OH)–C–C–N with tert-alkyl or cyclic N) is 1. The van der Waals surface area contributed by atoms with Crippen LogP contribution in [-0.4, -0.2) is 47.0 Å².